The Morgan fingerprint density at radius 1 is 0.943 bits per heavy atom. The van der Waals surface area contributed by atoms with E-state index in [1.165, 1.54) is 6.21 Å². The van der Waals surface area contributed by atoms with Crippen LogP contribution in [0.2, 0.25) is 5.02 Å². The van der Waals surface area contributed by atoms with Gasteiger partial charge in [-0.25, -0.2) is 5.43 Å². The van der Waals surface area contributed by atoms with E-state index in [4.69, 9.17) is 21.1 Å². The molecule has 0 aliphatic rings. The van der Waals surface area contributed by atoms with Crippen molar-refractivity contribution < 1.29 is 23.9 Å². The first-order valence-electron chi connectivity index (χ1n) is 10.5. The van der Waals surface area contributed by atoms with Gasteiger partial charge in [0.25, 0.3) is 5.91 Å². The normalized spacial score (nSPS) is 10.5. The van der Waals surface area contributed by atoms with Crippen molar-refractivity contribution in [1.82, 2.24) is 10.7 Å². The van der Waals surface area contributed by atoms with Gasteiger partial charge in [-0.15, -0.1) is 0 Å². The van der Waals surface area contributed by atoms with Crippen LogP contribution in [-0.4, -0.2) is 37.7 Å². The predicted octanol–water partition coefficient (Wildman–Crippen LogP) is 3.13. The zero-order valence-corrected chi connectivity index (χ0v) is 19.5. The van der Waals surface area contributed by atoms with E-state index in [0.29, 0.717) is 27.8 Å². The topological polar surface area (TPSA) is 118 Å². The van der Waals surface area contributed by atoms with Gasteiger partial charge in [0.1, 0.15) is 11.5 Å². The number of carbonyl (C=O) groups excluding carboxylic acids is 3. The Balaban J connectivity index is 1.44. The minimum absolute atomic E-state index is 0.184. The molecule has 3 amide bonds. The number of hydrogen-bond donors (Lipinski definition) is 3. The largest absolute Gasteiger partial charge is 0.497 e. The van der Waals surface area contributed by atoms with Crippen LogP contribution in [0.4, 0.5) is 5.69 Å². The van der Waals surface area contributed by atoms with Gasteiger partial charge in [0.15, 0.2) is 6.61 Å². The molecule has 0 aromatic heterocycles. The number of carbonyl (C=O) groups is 3. The molecule has 0 unspecified atom stereocenters. The number of anilines is 1. The van der Waals surface area contributed by atoms with Gasteiger partial charge in [-0.3, -0.25) is 14.4 Å². The van der Waals surface area contributed by atoms with Crippen LogP contribution in [-0.2, 0) is 20.9 Å². The molecule has 35 heavy (non-hydrogen) atoms. The van der Waals surface area contributed by atoms with Gasteiger partial charge in [0, 0.05) is 6.54 Å². The molecule has 180 valence electrons. The molecule has 0 spiro atoms. The average molecular weight is 495 g/mol. The SMILES string of the molecule is COc1ccc(CNC(=O)C(=O)N/N=C\c2cccc(OCC(=O)Nc3ccccc3Cl)c2)cc1. The van der Waals surface area contributed by atoms with E-state index in [0.717, 1.165) is 5.56 Å². The molecule has 0 aliphatic heterocycles. The molecular weight excluding hydrogens is 472 g/mol. The molecule has 0 atom stereocenters. The zero-order valence-electron chi connectivity index (χ0n) is 18.8. The second-order valence-electron chi connectivity index (χ2n) is 7.12. The highest BCUT2D eigenvalue weighted by Gasteiger charge is 2.12. The van der Waals surface area contributed by atoms with Crippen molar-refractivity contribution in [2.24, 2.45) is 5.10 Å². The van der Waals surface area contributed by atoms with Gasteiger partial charge in [-0.1, -0.05) is 48.0 Å². The monoisotopic (exact) mass is 494 g/mol. The molecule has 0 aliphatic carbocycles. The maximum absolute atomic E-state index is 12.1. The summed E-state index contributed by atoms with van der Waals surface area (Å²) in [5, 5.41) is 9.39. The van der Waals surface area contributed by atoms with E-state index < -0.39 is 11.8 Å². The predicted molar refractivity (Wildman–Crippen MR) is 133 cm³/mol. The summed E-state index contributed by atoms with van der Waals surface area (Å²) in [5.74, 6) is -0.975. The maximum atomic E-state index is 12.1. The molecular formula is C25H23ClN4O5. The smallest absolute Gasteiger partial charge is 0.329 e. The first kappa shape index (κ1) is 25.3. The second-order valence-corrected chi connectivity index (χ2v) is 7.53. The van der Waals surface area contributed by atoms with E-state index in [1.807, 2.05) is 0 Å². The van der Waals surface area contributed by atoms with Crippen LogP contribution in [0.1, 0.15) is 11.1 Å². The van der Waals surface area contributed by atoms with Crippen molar-refractivity contribution in [1.29, 1.82) is 0 Å². The number of hydrazone groups is 1. The summed E-state index contributed by atoms with van der Waals surface area (Å²) >= 11 is 6.02. The summed E-state index contributed by atoms with van der Waals surface area (Å²) in [5.41, 5.74) is 4.07. The Bertz CT molecular complexity index is 1210. The van der Waals surface area contributed by atoms with Crippen LogP contribution in [0.5, 0.6) is 11.5 Å². The highest BCUT2D eigenvalue weighted by Crippen LogP contribution is 2.20. The lowest BCUT2D eigenvalue weighted by molar-refractivity contribution is -0.139. The Labute approximate surface area is 207 Å². The molecule has 0 bridgehead atoms. The van der Waals surface area contributed by atoms with Crippen molar-refractivity contribution in [3.8, 4) is 11.5 Å². The third-order valence-corrected chi connectivity index (χ3v) is 4.90. The van der Waals surface area contributed by atoms with Crippen LogP contribution >= 0.6 is 11.6 Å². The third-order valence-electron chi connectivity index (χ3n) is 4.57. The standard InChI is InChI=1S/C25H23ClN4O5/c1-34-19-11-9-17(10-12-19)14-27-24(32)25(33)30-28-15-18-5-4-6-20(13-18)35-16-23(31)29-22-8-3-2-7-21(22)26/h2-13,15H,14,16H2,1H3,(H,27,32)(H,29,31)(H,30,33)/b28-15-. The van der Waals surface area contributed by atoms with Gasteiger partial charge < -0.3 is 20.1 Å². The second kappa shape index (κ2) is 12.8. The Morgan fingerprint density at radius 3 is 2.46 bits per heavy atom. The number of hydrogen-bond acceptors (Lipinski definition) is 6. The number of nitrogens with zero attached hydrogens (tertiary/aromatic N) is 1. The lowest BCUT2D eigenvalue weighted by Gasteiger charge is -2.09. The average Bonchev–Trinajstić information content (AvgIpc) is 2.88. The molecule has 3 aromatic rings. The van der Waals surface area contributed by atoms with Crippen molar-refractivity contribution >= 4 is 41.2 Å². The van der Waals surface area contributed by atoms with Gasteiger partial charge >= 0.3 is 11.8 Å². The first-order valence-corrected chi connectivity index (χ1v) is 10.8. The van der Waals surface area contributed by atoms with Gasteiger partial charge in [0.05, 0.1) is 24.0 Å². The van der Waals surface area contributed by atoms with Crippen molar-refractivity contribution in [2.75, 3.05) is 19.0 Å². The fourth-order valence-corrected chi connectivity index (χ4v) is 2.99. The molecule has 9 nitrogen and oxygen atoms in total. The van der Waals surface area contributed by atoms with Crippen LogP contribution in [0.3, 0.4) is 0 Å². The van der Waals surface area contributed by atoms with Crippen molar-refractivity contribution in [2.45, 2.75) is 6.54 Å². The third kappa shape index (κ3) is 8.17. The summed E-state index contributed by atoms with van der Waals surface area (Å²) in [4.78, 5) is 36.0. The lowest BCUT2D eigenvalue weighted by atomic mass is 10.2. The van der Waals surface area contributed by atoms with E-state index >= 15 is 0 Å². The fraction of sp³-hybridized carbons (Fsp3) is 0.120. The maximum Gasteiger partial charge on any atom is 0.329 e. The number of methoxy groups -OCH3 is 1. The molecule has 3 aromatic carbocycles. The van der Waals surface area contributed by atoms with Crippen LogP contribution < -0.4 is 25.5 Å². The summed E-state index contributed by atoms with van der Waals surface area (Å²) in [6, 6.07) is 20.7. The summed E-state index contributed by atoms with van der Waals surface area (Å²) in [6.45, 7) is -0.0413. The number of ether oxygens (including phenoxy) is 2. The Kier molecular flexibility index (Phi) is 9.21. The minimum atomic E-state index is -0.904. The molecule has 3 rings (SSSR count). The molecule has 10 heteroatoms. The van der Waals surface area contributed by atoms with Gasteiger partial charge in [-0.2, -0.15) is 5.10 Å². The number of amides is 3. The zero-order chi connectivity index (χ0) is 25.0. The molecule has 3 N–H and O–H groups in total. The molecule has 0 saturated heterocycles. The first-order chi connectivity index (χ1) is 16.9. The fourth-order valence-electron chi connectivity index (χ4n) is 2.80. The van der Waals surface area contributed by atoms with Crippen LogP contribution in [0.25, 0.3) is 0 Å². The quantitative estimate of drug-likeness (QED) is 0.240. The van der Waals surface area contributed by atoms with Crippen LogP contribution in [0, 0.1) is 0 Å². The number of halogens is 1. The van der Waals surface area contributed by atoms with E-state index in [1.54, 1.807) is 79.9 Å². The molecule has 0 fully saturated rings. The lowest BCUT2D eigenvalue weighted by Crippen LogP contribution is -2.37. The van der Waals surface area contributed by atoms with Gasteiger partial charge in [-0.05, 0) is 47.5 Å². The van der Waals surface area contributed by atoms with Gasteiger partial charge in [0.2, 0.25) is 0 Å². The molecule has 0 radical (unpaired) electrons. The summed E-state index contributed by atoms with van der Waals surface area (Å²) in [6.07, 6.45) is 1.35. The highest BCUT2D eigenvalue weighted by atomic mass is 35.5. The Morgan fingerprint density at radius 2 is 1.71 bits per heavy atom. The molecule has 0 heterocycles. The Hall–Kier alpha value is -4.37. The summed E-state index contributed by atoms with van der Waals surface area (Å²) in [7, 11) is 1.56. The number of benzene rings is 3. The van der Waals surface area contributed by atoms with Crippen LogP contribution in [0.15, 0.2) is 77.9 Å². The molecule has 0 saturated carbocycles. The van der Waals surface area contributed by atoms with E-state index in [2.05, 4.69) is 21.2 Å². The highest BCUT2D eigenvalue weighted by molar-refractivity contribution is 6.35. The number of nitrogens with one attached hydrogen (secondary N) is 3. The number of para-hydroxylation sites is 1. The van der Waals surface area contributed by atoms with E-state index in [9.17, 15) is 14.4 Å². The van der Waals surface area contributed by atoms with Crippen molar-refractivity contribution in [3.63, 3.8) is 0 Å². The minimum Gasteiger partial charge on any atom is -0.497 e. The number of rotatable bonds is 9. The van der Waals surface area contributed by atoms with E-state index in [-0.39, 0.29) is 19.1 Å². The summed E-state index contributed by atoms with van der Waals surface area (Å²) < 4.78 is 10.6. The van der Waals surface area contributed by atoms with Crippen molar-refractivity contribution in [3.05, 3.63) is 88.9 Å².